The number of aromatic nitrogens is 4. The molecule has 0 aliphatic carbocycles. The lowest BCUT2D eigenvalue weighted by molar-refractivity contribution is -0.114. The monoisotopic (exact) mass is 468 g/mol. The first-order valence-electron chi connectivity index (χ1n) is 11.5. The summed E-state index contributed by atoms with van der Waals surface area (Å²) in [7, 11) is 4.11. The van der Waals surface area contributed by atoms with E-state index in [1.165, 1.54) is 6.92 Å². The van der Waals surface area contributed by atoms with E-state index in [-0.39, 0.29) is 5.91 Å². The van der Waals surface area contributed by atoms with Crippen molar-refractivity contribution >= 4 is 22.6 Å². The second-order valence-corrected chi connectivity index (χ2v) is 8.97. The van der Waals surface area contributed by atoms with Crippen molar-refractivity contribution in [2.45, 2.75) is 20.4 Å². The Bertz CT molecular complexity index is 1510. The molecule has 0 bridgehead atoms. The zero-order chi connectivity index (χ0) is 24.5. The van der Waals surface area contributed by atoms with Gasteiger partial charge < -0.3 is 14.6 Å². The highest BCUT2D eigenvalue weighted by Crippen LogP contribution is 2.31. The number of amides is 1. The van der Waals surface area contributed by atoms with E-state index in [1.807, 2.05) is 52.7 Å². The maximum atomic E-state index is 11.8. The van der Waals surface area contributed by atoms with Crippen LogP contribution < -0.4 is 5.32 Å². The molecule has 2 aromatic carbocycles. The van der Waals surface area contributed by atoms with Gasteiger partial charge in [0.2, 0.25) is 5.91 Å². The number of rotatable bonds is 7. The second kappa shape index (κ2) is 9.23. The van der Waals surface area contributed by atoms with E-state index in [1.54, 1.807) is 6.33 Å². The number of fused-ring (bicyclic) bond motifs is 1. The largest absolute Gasteiger partial charge is 0.461 e. The topological polar surface area (TPSA) is 81.1 Å². The average Bonchev–Trinajstić information content (AvgIpc) is 3.56. The van der Waals surface area contributed by atoms with Crippen LogP contribution in [-0.2, 0) is 11.3 Å². The van der Waals surface area contributed by atoms with E-state index in [2.05, 4.69) is 58.8 Å². The Balaban J connectivity index is 1.51. The zero-order valence-electron chi connectivity index (χ0n) is 20.3. The first-order valence-corrected chi connectivity index (χ1v) is 11.5. The highest BCUT2D eigenvalue weighted by molar-refractivity contribution is 5.90. The van der Waals surface area contributed by atoms with Crippen molar-refractivity contribution in [1.82, 2.24) is 24.2 Å². The molecule has 0 fully saturated rings. The van der Waals surface area contributed by atoms with E-state index >= 15 is 0 Å². The first kappa shape index (κ1) is 22.6. The maximum absolute atomic E-state index is 11.8. The maximum Gasteiger partial charge on any atom is 0.221 e. The molecule has 178 valence electrons. The number of anilines is 1. The summed E-state index contributed by atoms with van der Waals surface area (Å²) in [4.78, 5) is 18.6. The van der Waals surface area contributed by atoms with Crippen molar-refractivity contribution in [3.05, 3.63) is 73.0 Å². The molecule has 1 N–H and O–H groups in total. The van der Waals surface area contributed by atoms with Crippen LogP contribution >= 0.6 is 0 Å². The summed E-state index contributed by atoms with van der Waals surface area (Å²) in [5.74, 6) is 1.45. The third-order valence-electron chi connectivity index (χ3n) is 5.83. The summed E-state index contributed by atoms with van der Waals surface area (Å²) >= 11 is 0. The van der Waals surface area contributed by atoms with Gasteiger partial charge in [-0.25, -0.2) is 4.98 Å². The summed E-state index contributed by atoms with van der Waals surface area (Å²) in [5.41, 5.74) is 6.43. The molecule has 5 aromatic rings. The Morgan fingerprint density at radius 3 is 2.66 bits per heavy atom. The van der Waals surface area contributed by atoms with Crippen molar-refractivity contribution < 1.29 is 9.21 Å². The van der Waals surface area contributed by atoms with Gasteiger partial charge in [0.15, 0.2) is 0 Å². The molecule has 3 aromatic heterocycles. The fraction of sp³-hybridized carbons (Fsp3) is 0.222. The summed E-state index contributed by atoms with van der Waals surface area (Å²) in [6.07, 6.45) is 5.76. The van der Waals surface area contributed by atoms with Crippen molar-refractivity contribution in [3.63, 3.8) is 0 Å². The minimum absolute atomic E-state index is 0.130. The molecule has 1 amide bonds. The summed E-state index contributed by atoms with van der Waals surface area (Å²) in [6, 6.07) is 16.0. The smallest absolute Gasteiger partial charge is 0.221 e. The van der Waals surface area contributed by atoms with Crippen LogP contribution in [0, 0.1) is 6.92 Å². The van der Waals surface area contributed by atoms with Crippen LogP contribution in [0.5, 0.6) is 0 Å². The van der Waals surface area contributed by atoms with Gasteiger partial charge in [-0.15, -0.1) is 0 Å². The van der Waals surface area contributed by atoms with Gasteiger partial charge in [-0.3, -0.25) is 14.0 Å². The number of hydrogen-bond acceptors (Lipinski definition) is 5. The molecule has 0 unspecified atom stereocenters. The molecule has 0 saturated carbocycles. The number of likely N-dealkylation sites (N-methyl/N-ethyl adjacent to an activating group) is 1. The molecule has 3 heterocycles. The van der Waals surface area contributed by atoms with Gasteiger partial charge >= 0.3 is 0 Å². The van der Waals surface area contributed by atoms with Crippen LogP contribution in [0.25, 0.3) is 39.2 Å². The van der Waals surface area contributed by atoms with Crippen LogP contribution in [0.3, 0.4) is 0 Å². The van der Waals surface area contributed by atoms with Gasteiger partial charge in [0.1, 0.15) is 17.8 Å². The lowest BCUT2D eigenvalue weighted by Gasteiger charge is -2.11. The van der Waals surface area contributed by atoms with Crippen molar-refractivity contribution in [1.29, 1.82) is 0 Å². The fourth-order valence-electron chi connectivity index (χ4n) is 4.09. The zero-order valence-corrected chi connectivity index (χ0v) is 20.3. The molecule has 0 saturated heterocycles. The van der Waals surface area contributed by atoms with Crippen LogP contribution in [0.15, 0.2) is 71.7 Å². The third-order valence-corrected chi connectivity index (χ3v) is 5.83. The number of carbonyl (C=O) groups excluding carboxylic acids is 1. The van der Waals surface area contributed by atoms with E-state index in [4.69, 9.17) is 4.42 Å². The molecule has 8 nitrogen and oxygen atoms in total. The summed E-state index contributed by atoms with van der Waals surface area (Å²) in [5, 5.41) is 7.39. The molecule has 0 spiro atoms. The molecule has 0 aliphatic heterocycles. The number of nitrogens with one attached hydrogen (secondary N) is 1. The first-order chi connectivity index (χ1) is 16.9. The van der Waals surface area contributed by atoms with Crippen molar-refractivity contribution in [2.24, 2.45) is 0 Å². The molecule has 5 rings (SSSR count). The lowest BCUT2D eigenvalue weighted by Crippen LogP contribution is -2.18. The number of benzene rings is 2. The highest BCUT2D eigenvalue weighted by Gasteiger charge is 2.12. The van der Waals surface area contributed by atoms with E-state index in [0.29, 0.717) is 5.69 Å². The molecule has 0 atom stereocenters. The van der Waals surface area contributed by atoms with Crippen molar-refractivity contribution in [2.75, 3.05) is 26.0 Å². The SMILES string of the molecule is CC(=O)Nc1cc(-c2ccc(C)o2)cc(-n2cnc3cc(-c4cnn(CCN(C)C)c4)ccc32)c1. The lowest BCUT2D eigenvalue weighted by atomic mass is 10.1. The molecular weight excluding hydrogens is 440 g/mol. The van der Waals surface area contributed by atoms with E-state index < -0.39 is 0 Å². The number of nitrogens with zero attached hydrogens (tertiary/aromatic N) is 5. The van der Waals surface area contributed by atoms with E-state index in [9.17, 15) is 4.79 Å². The average molecular weight is 469 g/mol. The second-order valence-electron chi connectivity index (χ2n) is 8.97. The predicted octanol–water partition coefficient (Wildman–Crippen LogP) is 4.98. The van der Waals surface area contributed by atoms with Gasteiger partial charge in [0, 0.05) is 42.2 Å². The van der Waals surface area contributed by atoms with Crippen LogP contribution in [-0.4, -0.2) is 50.8 Å². The molecule has 0 radical (unpaired) electrons. The Hall–Kier alpha value is -4.17. The summed E-state index contributed by atoms with van der Waals surface area (Å²) in [6.45, 7) is 5.18. The van der Waals surface area contributed by atoms with Crippen molar-refractivity contribution in [3.8, 4) is 28.1 Å². The van der Waals surface area contributed by atoms with Crippen LogP contribution in [0.1, 0.15) is 12.7 Å². The Labute approximate surface area is 203 Å². The fourth-order valence-corrected chi connectivity index (χ4v) is 4.09. The Morgan fingerprint density at radius 2 is 1.91 bits per heavy atom. The Morgan fingerprint density at radius 1 is 1.06 bits per heavy atom. The number of hydrogen-bond donors (Lipinski definition) is 1. The van der Waals surface area contributed by atoms with Gasteiger partial charge in [-0.1, -0.05) is 6.07 Å². The molecule has 8 heteroatoms. The van der Waals surface area contributed by atoms with Gasteiger partial charge in [-0.2, -0.15) is 5.10 Å². The standard InChI is InChI=1S/C27H28N6O2/c1-18-5-8-27(35-18)21-11-23(30-19(2)34)14-24(12-21)33-17-28-25-13-20(6-7-26(25)33)22-15-29-32(16-22)10-9-31(3)4/h5-8,11-17H,9-10H2,1-4H3,(H,30,34). The minimum atomic E-state index is -0.130. The summed E-state index contributed by atoms with van der Waals surface area (Å²) < 4.78 is 9.82. The number of imidazole rings is 1. The van der Waals surface area contributed by atoms with Gasteiger partial charge in [0.25, 0.3) is 0 Å². The normalized spacial score (nSPS) is 11.5. The highest BCUT2D eigenvalue weighted by atomic mass is 16.3. The minimum Gasteiger partial charge on any atom is -0.461 e. The third kappa shape index (κ3) is 4.88. The van der Waals surface area contributed by atoms with Crippen LogP contribution in [0.4, 0.5) is 5.69 Å². The van der Waals surface area contributed by atoms with Gasteiger partial charge in [-0.05, 0) is 69.0 Å². The van der Waals surface area contributed by atoms with Crippen LogP contribution in [0.2, 0.25) is 0 Å². The predicted molar refractivity (Wildman–Crippen MR) is 138 cm³/mol. The Kier molecular flexibility index (Phi) is 5.96. The quantitative estimate of drug-likeness (QED) is 0.364. The number of furan rings is 1. The number of carbonyl (C=O) groups is 1. The molecular formula is C27H28N6O2. The molecule has 35 heavy (non-hydrogen) atoms. The number of aryl methyl sites for hydroxylation is 1. The van der Waals surface area contributed by atoms with Gasteiger partial charge in [0.05, 0.1) is 23.8 Å². The molecule has 0 aliphatic rings. The van der Waals surface area contributed by atoms with E-state index in [0.717, 1.165) is 58.0 Å².